The first kappa shape index (κ1) is 20.9. The van der Waals surface area contributed by atoms with Gasteiger partial charge in [-0.1, -0.05) is 6.07 Å². The van der Waals surface area contributed by atoms with E-state index in [1.54, 1.807) is 46.6 Å². The number of benzene rings is 1. The number of nitrogens with zero attached hydrogens (tertiary/aromatic N) is 2. The van der Waals surface area contributed by atoms with E-state index >= 15 is 0 Å². The predicted molar refractivity (Wildman–Crippen MR) is 132 cm³/mol. The highest BCUT2D eigenvalue weighted by molar-refractivity contribution is 7.98. The molecule has 0 bridgehead atoms. The Labute approximate surface area is 195 Å². The van der Waals surface area contributed by atoms with E-state index in [-0.39, 0.29) is 5.91 Å². The lowest BCUT2D eigenvalue weighted by atomic mass is 10.1. The molecule has 0 aliphatic rings. The number of aromatic nitrogens is 2. The maximum absolute atomic E-state index is 12.2. The Hall–Kier alpha value is -3.01. The van der Waals surface area contributed by atoms with Crippen LogP contribution in [0.1, 0.15) is 18.3 Å². The van der Waals surface area contributed by atoms with E-state index in [1.165, 1.54) is 17.9 Å². The van der Waals surface area contributed by atoms with Gasteiger partial charge in [-0.2, -0.15) is 0 Å². The van der Waals surface area contributed by atoms with Crippen LogP contribution in [0, 0.1) is 6.92 Å². The van der Waals surface area contributed by atoms with E-state index in [2.05, 4.69) is 27.1 Å². The monoisotopic (exact) mass is 479 g/mol. The van der Waals surface area contributed by atoms with Crippen molar-refractivity contribution < 1.29 is 9.21 Å². The van der Waals surface area contributed by atoms with Crippen LogP contribution in [0.15, 0.2) is 61.4 Å². The third-order valence-corrected chi connectivity index (χ3v) is 7.61. The fourth-order valence-electron chi connectivity index (χ4n) is 3.51. The molecule has 0 atom stereocenters. The molecule has 4 aromatic heterocycles. The summed E-state index contributed by atoms with van der Waals surface area (Å²) in [5.41, 5.74) is 2.60. The molecular formula is C23H17N3O3S3. The highest BCUT2D eigenvalue weighted by Crippen LogP contribution is 2.41. The summed E-state index contributed by atoms with van der Waals surface area (Å²) in [5.74, 6) is 1.09. The van der Waals surface area contributed by atoms with E-state index in [0.717, 1.165) is 37.6 Å². The number of amides is 1. The van der Waals surface area contributed by atoms with E-state index in [4.69, 9.17) is 9.40 Å². The summed E-state index contributed by atoms with van der Waals surface area (Å²) in [7, 11) is 0. The normalized spacial score (nSPS) is 11.3. The van der Waals surface area contributed by atoms with Crippen molar-refractivity contribution in [3.8, 4) is 10.4 Å². The minimum atomic E-state index is -0.424. The summed E-state index contributed by atoms with van der Waals surface area (Å²) >= 11 is 4.89. The molecule has 0 aliphatic carbocycles. The second-order valence-corrected chi connectivity index (χ2v) is 9.92. The number of fused-ring (bicyclic) bond motifs is 2. The van der Waals surface area contributed by atoms with Crippen molar-refractivity contribution in [2.45, 2.75) is 24.6 Å². The van der Waals surface area contributed by atoms with Gasteiger partial charge >= 0.3 is 5.63 Å². The second kappa shape index (κ2) is 8.50. The summed E-state index contributed by atoms with van der Waals surface area (Å²) < 4.78 is 5.38. The molecule has 0 aliphatic heterocycles. The number of carbonyl (C=O) groups is 1. The Kier molecular flexibility index (Phi) is 5.54. The number of carbonyl (C=O) groups excluding carboxylic acids is 1. The molecule has 1 amide bonds. The lowest BCUT2D eigenvalue weighted by Gasteiger charge is -2.09. The van der Waals surface area contributed by atoms with Crippen molar-refractivity contribution >= 4 is 67.2 Å². The van der Waals surface area contributed by atoms with Crippen molar-refractivity contribution in [1.82, 2.24) is 9.97 Å². The average Bonchev–Trinajstić information content (AvgIpc) is 3.40. The molecule has 0 saturated carbocycles. The minimum Gasteiger partial charge on any atom is -0.423 e. The van der Waals surface area contributed by atoms with Gasteiger partial charge in [0.15, 0.2) is 0 Å². The number of anilines is 1. The highest BCUT2D eigenvalue weighted by Gasteiger charge is 2.16. The van der Waals surface area contributed by atoms with Crippen molar-refractivity contribution in [2.24, 2.45) is 0 Å². The van der Waals surface area contributed by atoms with Gasteiger partial charge in [-0.05, 0) is 36.1 Å². The lowest BCUT2D eigenvalue weighted by molar-refractivity contribution is -0.114. The van der Waals surface area contributed by atoms with Gasteiger partial charge in [0.25, 0.3) is 0 Å². The number of rotatable bonds is 5. The first-order valence-corrected chi connectivity index (χ1v) is 12.5. The number of hydrogen-bond acceptors (Lipinski definition) is 8. The molecule has 0 spiro atoms. The summed E-state index contributed by atoms with van der Waals surface area (Å²) in [4.78, 5) is 35.0. The molecule has 1 aromatic carbocycles. The van der Waals surface area contributed by atoms with Gasteiger partial charge in [-0.3, -0.25) is 4.79 Å². The molecule has 4 heterocycles. The smallest absolute Gasteiger partial charge is 0.336 e. The first-order chi connectivity index (χ1) is 15.5. The van der Waals surface area contributed by atoms with Crippen LogP contribution < -0.4 is 10.9 Å². The molecular weight excluding hydrogens is 462 g/mol. The molecule has 6 nitrogen and oxygen atoms in total. The van der Waals surface area contributed by atoms with Crippen LogP contribution in [-0.4, -0.2) is 15.9 Å². The van der Waals surface area contributed by atoms with Gasteiger partial charge < -0.3 is 9.73 Å². The van der Waals surface area contributed by atoms with E-state index in [1.807, 2.05) is 19.1 Å². The van der Waals surface area contributed by atoms with Gasteiger partial charge in [-0.15, -0.1) is 34.4 Å². The van der Waals surface area contributed by atoms with Crippen LogP contribution in [0.25, 0.3) is 31.6 Å². The minimum absolute atomic E-state index is 0.182. The first-order valence-electron chi connectivity index (χ1n) is 9.75. The lowest BCUT2D eigenvalue weighted by Crippen LogP contribution is -2.06. The van der Waals surface area contributed by atoms with Crippen LogP contribution in [0.3, 0.4) is 0 Å². The maximum Gasteiger partial charge on any atom is 0.336 e. The Morgan fingerprint density at radius 1 is 1.19 bits per heavy atom. The highest BCUT2D eigenvalue weighted by atomic mass is 32.2. The van der Waals surface area contributed by atoms with Crippen molar-refractivity contribution in [1.29, 1.82) is 0 Å². The second-order valence-electron chi connectivity index (χ2n) is 7.15. The zero-order chi connectivity index (χ0) is 22.2. The summed E-state index contributed by atoms with van der Waals surface area (Å²) in [5, 5.41) is 9.68. The van der Waals surface area contributed by atoms with Crippen LogP contribution in [0.5, 0.6) is 0 Å². The van der Waals surface area contributed by atoms with Crippen LogP contribution >= 0.6 is 34.4 Å². The third-order valence-electron chi connectivity index (χ3n) is 4.81. The Morgan fingerprint density at radius 3 is 2.84 bits per heavy atom. The largest absolute Gasteiger partial charge is 0.423 e. The zero-order valence-corrected chi connectivity index (χ0v) is 19.6. The summed E-state index contributed by atoms with van der Waals surface area (Å²) in [6.07, 6.45) is 0. The van der Waals surface area contributed by atoms with Gasteiger partial charge in [-0.25, -0.2) is 14.8 Å². The molecule has 32 heavy (non-hydrogen) atoms. The van der Waals surface area contributed by atoms with Gasteiger partial charge in [0, 0.05) is 51.7 Å². The topological polar surface area (TPSA) is 85.1 Å². The number of nitrogens with one attached hydrogen (secondary N) is 1. The third kappa shape index (κ3) is 4.06. The Balaban J connectivity index is 1.54. The molecule has 9 heteroatoms. The van der Waals surface area contributed by atoms with Gasteiger partial charge in [0.1, 0.15) is 21.3 Å². The molecule has 5 aromatic rings. The molecule has 0 fully saturated rings. The standard InChI is InChI=1S/C23H17N3O3S3/c1-12-24-22(21-17(11-32-23(21)25-12)19-4-3-7-30-19)31-10-14-8-20(28)29-18-9-15(26-13(2)27)5-6-16(14)18/h3-9,11H,10H2,1-2H3,(H,26,27). The maximum atomic E-state index is 12.2. The van der Waals surface area contributed by atoms with E-state index in [0.29, 0.717) is 17.0 Å². The summed E-state index contributed by atoms with van der Waals surface area (Å²) in [6, 6.07) is 11.0. The number of hydrogen-bond donors (Lipinski definition) is 1. The SMILES string of the molecule is CC(=O)Nc1ccc2c(CSc3nc(C)nc4scc(-c5cccs5)c34)cc(=O)oc2c1. The molecule has 0 unspecified atom stereocenters. The quantitative estimate of drug-likeness (QED) is 0.187. The fraction of sp³-hybridized carbons (Fsp3) is 0.130. The molecule has 1 N–H and O–H groups in total. The Bertz CT molecular complexity index is 1520. The molecule has 5 rings (SSSR count). The van der Waals surface area contributed by atoms with E-state index < -0.39 is 5.63 Å². The predicted octanol–water partition coefficient (Wildman–Crippen LogP) is 6.09. The van der Waals surface area contributed by atoms with Crippen molar-refractivity contribution in [3.05, 3.63) is 69.0 Å². The molecule has 0 radical (unpaired) electrons. The van der Waals surface area contributed by atoms with Crippen molar-refractivity contribution in [3.63, 3.8) is 0 Å². The number of aryl methyl sites for hydroxylation is 1. The fourth-order valence-corrected chi connectivity index (χ4v) is 6.46. The number of thioether (sulfide) groups is 1. The van der Waals surface area contributed by atoms with Crippen LogP contribution in [-0.2, 0) is 10.5 Å². The van der Waals surface area contributed by atoms with E-state index in [9.17, 15) is 9.59 Å². The zero-order valence-electron chi connectivity index (χ0n) is 17.2. The molecule has 160 valence electrons. The number of thiophene rings is 2. The van der Waals surface area contributed by atoms with Crippen molar-refractivity contribution in [2.75, 3.05) is 5.32 Å². The Morgan fingerprint density at radius 2 is 2.06 bits per heavy atom. The molecule has 0 saturated heterocycles. The van der Waals surface area contributed by atoms with Gasteiger partial charge in [0.2, 0.25) is 5.91 Å². The summed E-state index contributed by atoms with van der Waals surface area (Å²) in [6.45, 7) is 3.33. The van der Waals surface area contributed by atoms with Gasteiger partial charge in [0.05, 0.1) is 5.39 Å². The van der Waals surface area contributed by atoms with Crippen LogP contribution in [0.4, 0.5) is 5.69 Å². The van der Waals surface area contributed by atoms with Crippen LogP contribution in [0.2, 0.25) is 0 Å². The average molecular weight is 480 g/mol.